The van der Waals surface area contributed by atoms with Crippen molar-refractivity contribution in [1.29, 1.82) is 0 Å². The number of rotatable bonds is 6. The number of carbonyl (C=O) groups is 1. The number of urea groups is 1. The van der Waals surface area contributed by atoms with Gasteiger partial charge in [0.2, 0.25) is 0 Å². The molecule has 6 nitrogen and oxygen atoms in total. The van der Waals surface area contributed by atoms with Crippen LogP contribution in [0.5, 0.6) is 11.5 Å². The Morgan fingerprint density at radius 3 is 2.61 bits per heavy atom. The van der Waals surface area contributed by atoms with Crippen molar-refractivity contribution in [2.75, 3.05) is 46.9 Å². The van der Waals surface area contributed by atoms with Gasteiger partial charge in [-0.2, -0.15) is 0 Å². The third kappa shape index (κ3) is 4.63. The molecule has 1 aliphatic rings. The molecule has 0 atom stereocenters. The maximum Gasteiger partial charge on any atom is 0.317 e. The van der Waals surface area contributed by atoms with Gasteiger partial charge in [0.25, 0.3) is 0 Å². The van der Waals surface area contributed by atoms with Crippen molar-refractivity contribution >= 4 is 6.03 Å². The molecule has 0 radical (unpaired) electrons. The predicted molar refractivity (Wildman–Crippen MR) is 90.0 cm³/mol. The molecular weight excluding hydrogens is 294 g/mol. The van der Waals surface area contributed by atoms with Gasteiger partial charge in [-0.1, -0.05) is 6.08 Å². The zero-order valence-corrected chi connectivity index (χ0v) is 13.9. The predicted octanol–water partition coefficient (Wildman–Crippen LogP) is 1.72. The summed E-state index contributed by atoms with van der Waals surface area (Å²) in [5.74, 6) is 1.68. The summed E-state index contributed by atoms with van der Waals surface area (Å²) in [6.45, 7) is 7.99. The molecule has 0 aliphatic carbocycles. The van der Waals surface area contributed by atoms with Crippen LogP contribution in [0.3, 0.4) is 0 Å². The van der Waals surface area contributed by atoms with Crippen molar-refractivity contribution in [3.05, 3.63) is 36.4 Å². The fourth-order valence-electron chi connectivity index (χ4n) is 2.63. The largest absolute Gasteiger partial charge is 0.497 e. The SMILES string of the molecule is C=CCNC(=O)N1CCN(Cc2cc(OC)ccc2OC)CC1. The first kappa shape index (κ1) is 17.1. The van der Waals surface area contributed by atoms with Crippen LogP contribution in [0.15, 0.2) is 30.9 Å². The first-order chi connectivity index (χ1) is 11.2. The summed E-state index contributed by atoms with van der Waals surface area (Å²) >= 11 is 0. The minimum absolute atomic E-state index is 0.0245. The zero-order chi connectivity index (χ0) is 16.7. The number of piperazine rings is 1. The van der Waals surface area contributed by atoms with Gasteiger partial charge in [0, 0.05) is 44.8 Å². The third-order valence-electron chi connectivity index (χ3n) is 3.94. The number of ether oxygens (including phenoxy) is 2. The molecular formula is C17H25N3O3. The maximum atomic E-state index is 11.9. The summed E-state index contributed by atoms with van der Waals surface area (Å²) in [6, 6.07) is 5.79. The average Bonchev–Trinajstić information content (AvgIpc) is 2.60. The van der Waals surface area contributed by atoms with Gasteiger partial charge in [0.15, 0.2) is 0 Å². The highest BCUT2D eigenvalue weighted by molar-refractivity contribution is 5.74. The normalized spacial score (nSPS) is 15.1. The number of benzene rings is 1. The fourth-order valence-corrected chi connectivity index (χ4v) is 2.63. The first-order valence-corrected chi connectivity index (χ1v) is 7.75. The van der Waals surface area contributed by atoms with E-state index in [0.717, 1.165) is 49.8 Å². The Balaban J connectivity index is 1.91. The number of nitrogens with one attached hydrogen (secondary N) is 1. The van der Waals surface area contributed by atoms with E-state index < -0.39 is 0 Å². The van der Waals surface area contributed by atoms with Crippen molar-refractivity contribution in [2.45, 2.75) is 6.54 Å². The van der Waals surface area contributed by atoms with Gasteiger partial charge in [-0.25, -0.2) is 4.79 Å². The van der Waals surface area contributed by atoms with Crippen LogP contribution in [0.1, 0.15) is 5.56 Å². The van der Waals surface area contributed by atoms with E-state index in [9.17, 15) is 4.79 Å². The Hall–Kier alpha value is -2.21. The second kappa shape index (κ2) is 8.43. The quantitative estimate of drug-likeness (QED) is 0.811. The lowest BCUT2D eigenvalue weighted by Gasteiger charge is -2.34. The van der Waals surface area contributed by atoms with E-state index in [-0.39, 0.29) is 6.03 Å². The number of nitrogens with zero attached hydrogens (tertiary/aromatic N) is 2. The molecule has 1 aromatic rings. The lowest BCUT2D eigenvalue weighted by atomic mass is 10.1. The minimum atomic E-state index is -0.0245. The van der Waals surface area contributed by atoms with E-state index in [0.29, 0.717) is 6.54 Å². The van der Waals surface area contributed by atoms with Crippen molar-refractivity contribution in [3.8, 4) is 11.5 Å². The molecule has 0 saturated carbocycles. The van der Waals surface area contributed by atoms with Crippen molar-refractivity contribution in [3.63, 3.8) is 0 Å². The van der Waals surface area contributed by atoms with E-state index in [1.54, 1.807) is 20.3 Å². The van der Waals surface area contributed by atoms with Crippen molar-refractivity contribution in [1.82, 2.24) is 15.1 Å². The van der Waals surface area contributed by atoms with Gasteiger partial charge in [-0.15, -0.1) is 6.58 Å². The molecule has 1 N–H and O–H groups in total. The Kier molecular flexibility index (Phi) is 6.29. The van der Waals surface area contributed by atoms with Crippen LogP contribution in [0.4, 0.5) is 4.79 Å². The first-order valence-electron chi connectivity index (χ1n) is 7.75. The third-order valence-corrected chi connectivity index (χ3v) is 3.94. The molecule has 1 saturated heterocycles. The van der Waals surface area contributed by atoms with Gasteiger partial charge in [0.1, 0.15) is 11.5 Å². The standard InChI is InChI=1S/C17H25N3O3/c1-4-7-18-17(21)20-10-8-19(9-11-20)13-14-12-15(22-2)5-6-16(14)23-3/h4-6,12H,1,7-11,13H2,2-3H3,(H,18,21). The lowest BCUT2D eigenvalue weighted by molar-refractivity contribution is 0.135. The van der Waals surface area contributed by atoms with Crippen LogP contribution in [-0.2, 0) is 6.54 Å². The Morgan fingerprint density at radius 1 is 1.26 bits per heavy atom. The molecule has 23 heavy (non-hydrogen) atoms. The van der Waals surface area contributed by atoms with Gasteiger partial charge in [0.05, 0.1) is 14.2 Å². The number of carbonyl (C=O) groups excluding carboxylic acids is 1. The van der Waals surface area contributed by atoms with Gasteiger partial charge in [-0.3, -0.25) is 4.90 Å². The summed E-state index contributed by atoms with van der Waals surface area (Å²) in [5.41, 5.74) is 1.09. The van der Waals surface area contributed by atoms with Crippen LogP contribution in [0, 0.1) is 0 Å². The lowest BCUT2D eigenvalue weighted by Crippen LogP contribution is -2.51. The number of methoxy groups -OCH3 is 2. The van der Waals surface area contributed by atoms with E-state index in [4.69, 9.17) is 9.47 Å². The highest BCUT2D eigenvalue weighted by Crippen LogP contribution is 2.25. The molecule has 0 unspecified atom stereocenters. The molecule has 2 rings (SSSR count). The molecule has 0 aromatic heterocycles. The smallest absolute Gasteiger partial charge is 0.317 e. The monoisotopic (exact) mass is 319 g/mol. The minimum Gasteiger partial charge on any atom is -0.497 e. The Labute approximate surface area is 137 Å². The van der Waals surface area contributed by atoms with Gasteiger partial charge in [-0.05, 0) is 18.2 Å². The highest BCUT2D eigenvalue weighted by atomic mass is 16.5. The average molecular weight is 319 g/mol. The summed E-state index contributed by atoms with van der Waals surface area (Å²) in [6.07, 6.45) is 1.68. The van der Waals surface area contributed by atoms with Crippen LogP contribution in [0.2, 0.25) is 0 Å². The molecule has 1 aromatic carbocycles. The van der Waals surface area contributed by atoms with E-state index in [2.05, 4.69) is 16.8 Å². The molecule has 0 spiro atoms. The van der Waals surface area contributed by atoms with E-state index >= 15 is 0 Å². The molecule has 126 valence electrons. The summed E-state index contributed by atoms with van der Waals surface area (Å²) in [4.78, 5) is 16.1. The van der Waals surface area contributed by atoms with Crippen LogP contribution < -0.4 is 14.8 Å². The molecule has 1 fully saturated rings. The highest BCUT2D eigenvalue weighted by Gasteiger charge is 2.21. The van der Waals surface area contributed by atoms with Crippen molar-refractivity contribution < 1.29 is 14.3 Å². The maximum absolute atomic E-state index is 11.9. The molecule has 0 bridgehead atoms. The second-order valence-electron chi connectivity index (χ2n) is 5.42. The van der Waals surface area contributed by atoms with Crippen LogP contribution >= 0.6 is 0 Å². The number of hydrogen-bond donors (Lipinski definition) is 1. The number of amides is 2. The Bertz CT molecular complexity index is 540. The van der Waals surface area contributed by atoms with Crippen LogP contribution in [-0.4, -0.2) is 62.8 Å². The molecule has 2 amide bonds. The molecule has 1 heterocycles. The summed E-state index contributed by atoms with van der Waals surface area (Å²) < 4.78 is 10.7. The van der Waals surface area contributed by atoms with E-state index in [1.807, 2.05) is 23.1 Å². The van der Waals surface area contributed by atoms with Gasteiger partial charge >= 0.3 is 6.03 Å². The molecule has 1 aliphatic heterocycles. The van der Waals surface area contributed by atoms with Crippen LogP contribution in [0.25, 0.3) is 0 Å². The Morgan fingerprint density at radius 2 is 2.00 bits per heavy atom. The summed E-state index contributed by atoms with van der Waals surface area (Å²) in [5, 5.41) is 2.81. The fraction of sp³-hybridized carbons (Fsp3) is 0.471. The molecule has 6 heteroatoms. The van der Waals surface area contributed by atoms with E-state index in [1.165, 1.54) is 0 Å². The van der Waals surface area contributed by atoms with Crippen molar-refractivity contribution in [2.24, 2.45) is 0 Å². The topological polar surface area (TPSA) is 54.0 Å². The zero-order valence-electron chi connectivity index (χ0n) is 13.9. The van der Waals surface area contributed by atoms with Gasteiger partial charge < -0.3 is 19.7 Å². The number of hydrogen-bond acceptors (Lipinski definition) is 4. The summed E-state index contributed by atoms with van der Waals surface area (Å²) in [7, 11) is 3.33. The second-order valence-corrected chi connectivity index (χ2v) is 5.42.